The summed E-state index contributed by atoms with van der Waals surface area (Å²) in [5.74, 6) is 2.48. The Balaban J connectivity index is 1.21. The van der Waals surface area contributed by atoms with Crippen molar-refractivity contribution in [2.24, 2.45) is 0 Å². The highest BCUT2D eigenvalue weighted by atomic mass is 16.5. The predicted octanol–water partition coefficient (Wildman–Crippen LogP) is 3.92. The number of carbonyl (C=O) groups excluding carboxylic acids is 1. The molecule has 0 saturated carbocycles. The standard InChI is InChI=1S/C23H23N3O2/c27-22(8-6-16-5-7-21-18(15-16)11-14-28-21)26-12-9-17(10-13-26)23-24-19-3-1-2-4-20(19)25-23/h1-8,15,17H,9-14H2,(H,24,25)/b8-6+. The van der Waals surface area contributed by atoms with Crippen LogP contribution in [-0.4, -0.2) is 40.5 Å². The summed E-state index contributed by atoms with van der Waals surface area (Å²) in [6, 6.07) is 14.2. The molecule has 1 fully saturated rings. The third-order valence-corrected chi connectivity index (χ3v) is 5.73. The lowest BCUT2D eigenvalue weighted by molar-refractivity contribution is -0.127. The number of benzene rings is 2. The van der Waals surface area contributed by atoms with Gasteiger partial charge in [-0.25, -0.2) is 4.98 Å². The summed E-state index contributed by atoms with van der Waals surface area (Å²) >= 11 is 0. The molecule has 0 radical (unpaired) electrons. The van der Waals surface area contributed by atoms with E-state index in [4.69, 9.17) is 9.72 Å². The second kappa shape index (κ2) is 7.15. The smallest absolute Gasteiger partial charge is 0.246 e. The van der Waals surface area contributed by atoms with Gasteiger partial charge in [0.05, 0.1) is 17.6 Å². The van der Waals surface area contributed by atoms with Crippen molar-refractivity contribution in [2.75, 3.05) is 19.7 Å². The van der Waals surface area contributed by atoms with Crippen LogP contribution in [0.25, 0.3) is 17.1 Å². The van der Waals surface area contributed by atoms with E-state index in [0.717, 1.165) is 67.1 Å². The second-order valence-corrected chi connectivity index (χ2v) is 7.54. The summed E-state index contributed by atoms with van der Waals surface area (Å²) in [6.45, 7) is 2.29. The van der Waals surface area contributed by atoms with Gasteiger partial charge in [0.15, 0.2) is 0 Å². The predicted molar refractivity (Wildman–Crippen MR) is 109 cm³/mol. The van der Waals surface area contributed by atoms with Crippen molar-refractivity contribution >= 4 is 23.0 Å². The summed E-state index contributed by atoms with van der Waals surface area (Å²) in [5, 5.41) is 0. The summed E-state index contributed by atoms with van der Waals surface area (Å²) in [7, 11) is 0. The third-order valence-electron chi connectivity index (χ3n) is 5.73. The van der Waals surface area contributed by atoms with E-state index >= 15 is 0 Å². The lowest BCUT2D eigenvalue weighted by atomic mass is 9.96. The molecule has 0 spiro atoms. The number of nitrogens with one attached hydrogen (secondary N) is 1. The normalized spacial score (nSPS) is 17.2. The van der Waals surface area contributed by atoms with E-state index in [0.29, 0.717) is 5.92 Å². The van der Waals surface area contributed by atoms with Crippen LogP contribution in [-0.2, 0) is 11.2 Å². The van der Waals surface area contributed by atoms with E-state index in [9.17, 15) is 4.79 Å². The fourth-order valence-electron chi connectivity index (χ4n) is 4.12. The fourth-order valence-corrected chi connectivity index (χ4v) is 4.12. The number of aromatic amines is 1. The van der Waals surface area contributed by atoms with E-state index in [1.165, 1.54) is 5.56 Å². The molecule has 1 saturated heterocycles. The highest BCUT2D eigenvalue weighted by Crippen LogP contribution is 2.28. The Morgan fingerprint density at radius 1 is 1.18 bits per heavy atom. The molecule has 0 aliphatic carbocycles. The topological polar surface area (TPSA) is 58.2 Å². The van der Waals surface area contributed by atoms with Gasteiger partial charge in [0.1, 0.15) is 11.6 Å². The van der Waals surface area contributed by atoms with Crippen LogP contribution in [0.15, 0.2) is 48.5 Å². The molecule has 28 heavy (non-hydrogen) atoms. The average molecular weight is 373 g/mol. The minimum Gasteiger partial charge on any atom is -0.493 e. The molecular formula is C23H23N3O2. The van der Waals surface area contributed by atoms with Crippen molar-refractivity contribution in [3.8, 4) is 5.75 Å². The zero-order valence-electron chi connectivity index (χ0n) is 15.7. The van der Waals surface area contributed by atoms with Gasteiger partial charge in [0.2, 0.25) is 5.91 Å². The molecule has 0 unspecified atom stereocenters. The van der Waals surface area contributed by atoms with E-state index in [1.54, 1.807) is 6.08 Å². The van der Waals surface area contributed by atoms with Crippen molar-refractivity contribution in [1.29, 1.82) is 0 Å². The number of fused-ring (bicyclic) bond motifs is 2. The van der Waals surface area contributed by atoms with Gasteiger partial charge >= 0.3 is 0 Å². The third kappa shape index (κ3) is 3.28. The molecule has 3 heterocycles. The zero-order valence-corrected chi connectivity index (χ0v) is 15.7. The molecule has 2 aliphatic rings. The summed E-state index contributed by atoms with van der Waals surface area (Å²) in [5.41, 5.74) is 4.37. The van der Waals surface area contributed by atoms with Gasteiger partial charge in [0, 0.05) is 31.5 Å². The zero-order chi connectivity index (χ0) is 18.9. The number of H-pyrrole nitrogens is 1. The van der Waals surface area contributed by atoms with Crippen LogP contribution in [0.3, 0.4) is 0 Å². The van der Waals surface area contributed by atoms with Gasteiger partial charge in [-0.3, -0.25) is 4.79 Å². The number of hydrogen-bond donors (Lipinski definition) is 1. The average Bonchev–Trinajstić information content (AvgIpc) is 3.38. The molecule has 5 heteroatoms. The number of para-hydroxylation sites is 2. The van der Waals surface area contributed by atoms with Gasteiger partial charge in [-0.1, -0.05) is 18.2 Å². The first kappa shape index (κ1) is 17.0. The quantitative estimate of drug-likeness (QED) is 0.708. The minimum atomic E-state index is 0.0832. The van der Waals surface area contributed by atoms with E-state index in [-0.39, 0.29) is 5.91 Å². The fraction of sp³-hybridized carbons (Fsp3) is 0.304. The molecule has 0 bridgehead atoms. The Kier molecular flexibility index (Phi) is 4.35. The second-order valence-electron chi connectivity index (χ2n) is 7.54. The van der Waals surface area contributed by atoms with E-state index < -0.39 is 0 Å². The number of piperidine rings is 1. The van der Waals surface area contributed by atoms with Crippen LogP contribution in [0.1, 0.15) is 35.7 Å². The number of ether oxygens (including phenoxy) is 1. The van der Waals surface area contributed by atoms with Crippen LogP contribution in [0.5, 0.6) is 5.75 Å². The van der Waals surface area contributed by atoms with Crippen molar-refractivity contribution < 1.29 is 9.53 Å². The number of aromatic nitrogens is 2. The summed E-state index contributed by atoms with van der Waals surface area (Å²) in [4.78, 5) is 22.7. The maximum Gasteiger partial charge on any atom is 0.246 e. The molecule has 3 aromatic rings. The van der Waals surface area contributed by atoms with Crippen LogP contribution < -0.4 is 4.74 Å². The molecule has 5 rings (SSSR count). The first-order valence-corrected chi connectivity index (χ1v) is 9.93. The SMILES string of the molecule is O=C(/C=C/c1ccc2c(c1)CCO2)N1CCC(c2nc3ccccc3[nH]2)CC1. The van der Waals surface area contributed by atoms with Crippen LogP contribution in [0, 0.1) is 0 Å². The maximum atomic E-state index is 12.6. The van der Waals surface area contributed by atoms with Gasteiger partial charge < -0.3 is 14.6 Å². The first-order chi connectivity index (χ1) is 13.8. The highest BCUT2D eigenvalue weighted by molar-refractivity contribution is 5.92. The van der Waals surface area contributed by atoms with E-state index in [1.807, 2.05) is 41.3 Å². The number of imidazole rings is 1. The largest absolute Gasteiger partial charge is 0.493 e. The summed E-state index contributed by atoms with van der Waals surface area (Å²) in [6.07, 6.45) is 6.43. The van der Waals surface area contributed by atoms with E-state index in [2.05, 4.69) is 17.1 Å². The molecule has 0 atom stereocenters. The Bertz CT molecular complexity index is 1010. The van der Waals surface area contributed by atoms with Crippen LogP contribution >= 0.6 is 0 Å². The lowest BCUT2D eigenvalue weighted by Crippen LogP contribution is -2.37. The van der Waals surface area contributed by atoms with Crippen molar-refractivity contribution in [1.82, 2.24) is 14.9 Å². The van der Waals surface area contributed by atoms with Crippen LogP contribution in [0.4, 0.5) is 0 Å². The first-order valence-electron chi connectivity index (χ1n) is 9.93. The minimum absolute atomic E-state index is 0.0832. The van der Waals surface area contributed by atoms with Crippen molar-refractivity contribution in [2.45, 2.75) is 25.2 Å². The molecule has 1 amide bonds. The lowest BCUT2D eigenvalue weighted by Gasteiger charge is -2.30. The molecule has 5 nitrogen and oxygen atoms in total. The van der Waals surface area contributed by atoms with Gasteiger partial charge in [-0.15, -0.1) is 0 Å². The van der Waals surface area contributed by atoms with Gasteiger partial charge in [-0.05, 0) is 54.3 Å². The molecule has 142 valence electrons. The van der Waals surface area contributed by atoms with Gasteiger partial charge in [-0.2, -0.15) is 0 Å². The Labute approximate surface area is 164 Å². The summed E-state index contributed by atoms with van der Waals surface area (Å²) < 4.78 is 5.53. The number of rotatable bonds is 3. The number of carbonyl (C=O) groups is 1. The molecule has 2 aliphatic heterocycles. The van der Waals surface area contributed by atoms with Crippen molar-refractivity contribution in [3.63, 3.8) is 0 Å². The maximum absolute atomic E-state index is 12.6. The molecular weight excluding hydrogens is 350 g/mol. The number of nitrogens with zero attached hydrogens (tertiary/aromatic N) is 2. The van der Waals surface area contributed by atoms with Gasteiger partial charge in [0.25, 0.3) is 0 Å². The van der Waals surface area contributed by atoms with Crippen LogP contribution in [0.2, 0.25) is 0 Å². The highest BCUT2D eigenvalue weighted by Gasteiger charge is 2.24. The number of amides is 1. The Hall–Kier alpha value is -3.08. The molecule has 1 aromatic heterocycles. The monoisotopic (exact) mass is 373 g/mol. The number of hydrogen-bond acceptors (Lipinski definition) is 3. The Morgan fingerprint density at radius 3 is 2.89 bits per heavy atom. The van der Waals surface area contributed by atoms with Crippen molar-refractivity contribution in [3.05, 3.63) is 65.5 Å². The number of likely N-dealkylation sites (tertiary alicyclic amines) is 1. The Morgan fingerprint density at radius 2 is 2.04 bits per heavy atom. The molecule has 1 N–H and O–H groups in total. The molecule has 2 aromatic carbocycles.